The summed E-state index contributed by atoms with van der Waals surface area (Å²) < 4.78 is 35.0. The van der Waals surface area contributed by atoms with Crippen molar-refractivity contribution < 1.29 is 32.4 Å². The molecule has 2 fully saturated rings. The van der Waals surface area contributed by atoms with Crippen molar-refractivity contribution in [3.8, 4) is 22.4 Å². The largest absolute Gasteiger partial charge is 0.339 e. The lowest BCUT2D eigenvalue weighted by molar-refractivity contribution is -0.895. The molecule has 0 atom stereocenters. The molecule has 2 saturated heterocycles. The Kier molecular flexibility index (Phi) is 11.4. The Balaban J connectivity index is 0.974. The van der Waals surface area contributed by atoms with E-state index in [1.807, 2.05) is 4.90 Å². The van der Waals surface area contributed by atoms with Gasteiger partial charge in [-0.3, -0.25) is 23.9 Å². The van der Waals surface area contributed by atoms with Gasteiger partial charge in [0.1, 0.15) is 6.54 Å². The quantitative estimate of drug-likeness (QED) is 0.204. The van der Waals surface area contributed by atoms with E-state index in [2.05, 4.69) is 45.0 Å². The Morgan fingerprint density at radius 3 is 2.29 bits per heavy atom. The van der Waals surface area contributed by atoms with Crippen LogP contribution in [-0.4, -0.2) is 121 Å². The number of hydrogen-bond donors (Lipinski definition) is 2. The van der Waals surface area contributed by atoms with E-state index < -0.39 is 23.4 Å². The Hall–Kier alpha value is -6.07. The average molecular weight is 815 g/mol. The molecule has 0 unspecified atom stereocenters. The molecule has 0 spiro atoms. The molecule has 4 amide bonds. The zero-order chi connectivity index (χ0) is 41.3. The summed E-state index contributed by atoms with van der Waals surface area (Å²) in [6.45, 7) is 5.04. The van der Waals surface area contributed by atoms with Gasteiger partial charge in [-0.2, -0.15) is 10.2 Å². The van der Waals surface area contributed by atoms with E-state index in [4.69, 9.17) is 11.6 Å². The van der Waals surface area contributed by atoms with Crippen LogP contribution in [-0.2, 0) is 23.2 Å². The topological polar surface area (TPSA) is 160 Å². The normalized spacial score (nSPS) is 15.6. The minimum atomic E-state index is -1.16. The Labute approximate surface area is 338 Å². The summed E-state index contributed by atoms with van der Waals surface area (Å²) in [5.41, 5.74) is 1.18. The first-order chi connectivity index (χ1) is 27.7. The lowest BCUT2D eigenvalue weighted by Crippen LogP contribution is -2.54. The number of rotatable bonds is 9. The maximum atomic E-state index is 15.7. The molecule has 7 rings (SSSR count). The van der Waals surface area contributed by atoms with E-state index in [9.17, 15) is 19.2 Å². The third kappa shape index (κ3) is 8.45. The summed E-state index contributed by atoms with van der Waals surface area (Å²) in [5, 5.41) is 17.2. The number of amides is 4. The fraction of sp³-hybridized carbons (Fsp3) is 0.350. The molecule has 0 bridgehead atoms. The molecule has 5 aromatic rings. The summed E-state index contributed by atoms with van der Waals surface area (Å²) in [5.74, 6) is -3.29. The maximum absolute atomic E-state index is 15.7. The number of hydrogen-bond acceptors (Lipinski definition) is 8. The zero-order valence-corrected chi connectivity index (χ0v) is 33.3. The van der Waals surface area contributed by atoms with Gasteiger partial charge in [-0.05, 0) is 43.3 Å². The number of piperazine rings is 1. The van der Waals surface area contributed by atoms with E-state index in [0.717, 1.165) is 30.4 Å². The van der Waals surface area contributed by atoms with Gasteiger partial charge < -0.3 is 29.5 Å². The van der Waals surface area contributed by atoms with Crippen molar-refractivity contribution >= 4 is 46.7 Å². The van der Waals surface area contributed by atoms with E-state index in [0.29, 0.717) is 43.1 Å². The number of aryl methyl sites for hydroxylation is 1. The monoisotopic (exact) mass is 814 g/mol. The SMILES string of the molecule is Cc1nn(CC(=O)Nc2cccnn2)cc1-c1ccc(-c2cnc(C(=O)Nc3ccc(C(=O)N4CCN(C(=O)C5CC[N+](C)(C)CC5)CC4)c(Cl)c3)n2C)c(F)c1F. The number of nitrogens with zero attached hydrogens (tertiary/aromatic N) is 9. The minimum Gasteiger partial charge on any atom is -0.339 e. The Morgan fingerprint density at radius 2 is 1.60 bits per heavy atom. The molecular weight excluding hydrogens is 772 g/mol. The highest BCUT2D eigenvalue weighted by Crippen LogP contribution is 2.33. The first-order valence-electron chi connectivity index (χ1n) is 18.8. The number of likely N-dealkylation sites (tertiary alicyclic amines) is 1. The number of quaternary nitrogens is 1. The van der Waals surface area contributed by atoms with Gasteiger partial charge in [-0.15, -0.1) is 5.10 Å². The summed E-state index contributed by atoms with van der Waals surface area (Å²) in [6.07, 6.45) is 5.92. The summed E-state index contributed by atoms with van der Waals surface area (Å²) in [4.78, 5) is 60.1. The Bertz CT molecular complexity index is 2380. The van der Waals surface area contributed by atoms with Crippen LogP contribution >= 0.6 is 11.6 Å². The van der Waals surface area contributed by atoms with Crippen molar-refractivity contribution in [1.29, 1.82) is 0 Å². The molecule has 58 heavy (non-hydrogen) atoms. The van der Waals surface area contributed by atoms with E-state index in [1.165, 1.54) is 59.2 Å². The van der Waals surface area contributed by atoms with Crippen molar-refractivity contribution in [3.05, 3.63) is 94.8 Å². The van der Waals surface area contributed by atoms with Gasteiger partial charge >= 0.3 is 0 Å². The second-order valence-electron chi connectivity index (χ2n) is 15.2. The number of carbonyl (C=O) groups excluding carboxylic acids is 4. The first-order valence-corrected chi connectivity index (χ1v) is 19.2. The van der Waals surface area contributed by atoms with E-state index in [-0.39, 0.29) is 63.3 Å². The highest BCUT2D eigenvalue weighted by atomic mass is 35.5. The van der Waals surface area contributed by atoms with Crippen molar-refractivity contribution in [2.75, 3.05) is 64.0 Å². The number of carbonyl (C=O) groups is 4. The molecule has 15 nitrogen and oxygen atoms in total. The molecule has 18 heteroatoms. The molecule has 302 valence electrons. The molecule has 3 aromatic heterocycles. The lowest BCUT2D eigenvalue weighted by atomic mass is 9.94. The molecule has 5 heterocycles. The van der Waals surface area contributed by atoms with Crippen LogP contribution in [0, 0.1) is 24.5 Å². The fourth-order valence-electron chi connectivity index (χ4n) is 7.41. The standard InChI is InChI=1S/C40H42ClF2N11O4/c1-24-30(22-53(49-24)23-34(55)47-33-6-5-13-45-48-33)27-9-10-29(36(43)35(27)42)32-21-44-37(50(32)2)38(56)46-26-7-8-28(31(41)20-26)40(58)52-16-14-51(15-17-52)39(57)25-11-18-54(3,4)19-12-25/h5-10,13,20-22,25H,11-12,14-19,23H2,1-4H3,(H-,46,47,48,55,56,58)/p+1. The number of piperidine rings is 1. The molecule has 0 saturated carbocycles. The van der Waals surface area contributed by atoms with Gasteiger partial charge in [0, 0.05) is 86.8 Å². The van der Waals surface area contributed by atoms with Gasteiger partial charge in [-0.1, -0.05) is 17.7 Å². The molecule has 2 aromatic carbocycles. The molecule has 2 aliphatic heterocycles. The molecule has 0 radical (unpaired) electrons. The second-order valence-corrected chi connectivity index (χ2v) is 15.6. The smallest absolute Gasteiger partial charge is 0.291 e. The zero-order valence-electron chi connectivity index (χ0n) is 32.5. The van der Waals surface area contributed by atoms with E-state index in [1.54, 1.807) is 30.0 Å². The number of halogens is 3. The highest BCUT2D eigenvalue weighted by Gasteiger charge is 2.35. The minimum absolute atomic E-state index is 0.0258. The number of aromatic nitrogens is 6. The van der Waals surface area contributed by atoms with Gasteiger partial charge in [0.05, 0.1) is 55.4 Å². The van der Waals surface area contributed by atoms with Gasteiger partial charge in [-0.25, -0.2) is 13.8 Å². The predicted octanol–water partition coefficient (Wildman–Crippen LogP) is 4.64. The van der Waals surface area contributed by atoms with Crippen LogP contribution in [0.5, 0.6) is 0 Å². The number of imidazole rings is 1. The highest BCUT2D eigenvalue weighted by molar-refractivity contribution is 6.34. The summed E-state index contributed by atoms with van der Waals surface area (Å²) in [7, 11) is 5.86. The number of benzene rings is 2. The molecule has 0 aliphatic carbocycles. The number of anilines is 2. The van der Waals surface area contributed by atoms with Gasteiger partial charge in [0.25, 0.3) is 11.8 Å². The average Bonchev–Trinajstić information content (AvgIpc) is 3.76. The molecule has 2 aliphatic rings. The second kappa shape index (κ2) is 16.4. The van der Waals surface area contributed by atoms with Crippen LogP contribution in [0.4, 0.5) is 20.3 Å². The maximum Gasteiger partial charge on any atom is 0.291 e. The third-order valence-corrected chi connectivity index (χ3v) is 11.1. The van der Waals surface area contributed by atoms with Crippen LogP contribution < -0.4 is 10.6 Å². The number of nitrogens with one attached hydrogen (secondary N) is 2. The molecule has 2 N–H and O–H groups in total. The van der Waals surface area contributed by atoms with Crippen molar-refractivity contribution in [1.82, 2.24) is 39.3 Å². The fourth-order valence-corrected chi connectivity index (χ4v) is 7.67. The lowest BCUT2D eigenvalue weighted by Gasteiger charge is -2.40. The first kappa shape index (κ1) is 40.1. The van der Waals surface area contributed by atoms with Crippen molar-refractivity contribution in [3.63, 3.8) is 0 Å². The summed E-state index contributed by atoms with van der Waals surface area (Å²) in [6, 6.07) is 10.5. The Morgan fingerprint density at radius 1 is 0.914 bits per heavy atom. The van der Waals surface area contributed by atoms with Crippen LogP contribution in [0.25, 0.3) is 22.4 Å². The van der Waals surface area contributed by atoms with Crippen LogP contribution in [0.3, 0.4) is 0 Å². The summed E-state index contributed by atoms with van der Waals surface area (Å²) >= 11 is 6.55. The van der Waals surface area contributed by atoms with Crippen LogP contribution in [0.1, 0.15) is 39.5 Å². The van der Waals surface area contributed by atoms with Gasteiger partial charge in [0.15, 0.2) is 23.3 Å². The third-order valence-electron chi connectivity index (χ3n) is 10.8. The van der Waals surface area contributed by atoms with E-state index >= 15 is 8.78 Å². The molecular formula is C40H43ClF2N11O4+. The van der Waals surface area contributed by atoms with Crippen LogP contribution in [0.15, 0.2) is 61.1 Å². The van der Waals surface area contributed by atoms with Crippen LogP contribution in [0.2, 0.25) is 5.02 Å². The van der Waals surface area contributed by atoms with Crippen molar-refractivity contribution in [2.45, 2.75) is 26.3 Å². The van der Waals surface area contributed by atoms with Gasteiger partial charge in [0.2, 0.25) is 11.8 Å². The predicted molar refractivity (Wildman–Crippen MR) is 212 cm³/mol. The van der Waals surface area contributed by atoms with Crippen molar-refractivity contribution in [2.24, 2.45) is 13.0 Å².